The Balaban J connectivity index is 1.55. The van der Waals surface area contributed by atoms with E-state index < -0.39 is 5.97 Å². The van der Waals surface area contributed by atoms with Gasteiger partial charge in [-0.3, -0.25) is 9.59 Å². The van der Waals surface area contributed by atoms with Gasteiger partial charge in [0.2, 0.25) is 6.79 Å². The minimum Gasteiger partial charge on any atom is -0.457 e. The molecule has 1 aliphatic rings. The van der Waals surface area contributed by atoms with Gasteiger partial charge in [-0.1, -0.05) is 29.3 Å². The first-order valence-corrected chi connectivity index (χ1v) is 7.81. The SMILES string of the molecule is O=C(Cc1ccc(Cl)c(Cl)c1)OCC(=O)c1ccc2c(c1)OCO2. The number of Topliss-reactive ketones (excluding diaryl/α,β-unsaturated/α-hetero) is 1. The highest BCUT2D eigenvalue weighted by atomic mass is 35.5. The van der Waals surface area contributed by atoms with Crippen LogP contribution in [-0.4, -0.2) is 25.2 Å². The van der Waals surface area contributed by atoms with Crippen molar-refractivity contribution in [2.75, 3.05) is 13.4 Å². The molecule has 0 saturated heterocycles. The number of ether oxygens (including phenoxy) is 3. The fourth-order valence-corrected chi connectivity index (χ4v) is 2.49. The smallest absolute Gasteiger partial charge is 0.310 e. The predicted molar refractivity (Wildman–Crippen MR) is 88.0 cm³/mol. The van der Waals surface area contributed by atoms with Gasteiger partial charge in [-0.2, -0.15) is 0 Å². The number of halogens is 2. The summed E-state index contributed by atoms with van der Waals surface area (Å²) < 4.78 is 15.4. The minimum atomic E-state index is -0.525. The fraction of sp³-hybridized carbons (Fsp3) is 0.176. The minimum absolute atomic E-state index is 0.00527. The van der Waals surface area contributed by atoms with E-state index in [1.165, 1.54) is 0 Å². The predicted octanol–water partition coefficient (Wildman–Crippen LogP) is 3.69. The lowest BCUT2D eigenvalue weighted by atomic mass is 10.1. The van der Waals surface area contributed by atoms with Crippen LogP contribution in [0.15, 0.2) is 36.4 Å². The van der Waals surface area contributed by atoms with Gasteiger partial charge in [0.15, 0.2) is 23.9 Å². The summed E-state index contributed by atoms with van der Waals surface area (Å²) >= 11 is 11.7. The van der Waals surface area contributed by atoms with Gasteiger partial charge in [0.25, 0.3) is 0 Å². The van der Waals surface area contributed by atoms with E-state index in [1.807, 2.05) is 0 Å². The molecule has 0 N–H and O–H groups in total. The van der Waals surface area contributed by atoms with E-state index >= 15 is 0 Å². The molecule has 0 aromatic heterocycles. The first-order valence-electron chi connectivity index (χ1n) is 7.05. The topological polar surface area (TPSA) is 61.8 Å². The molecule has 0 fully saturated rings. The number of benzene rings is 2. The molecule has 1 aliphatic heterocycles. The highest BCUT2D eigenvalue weighted by Crippen LogP contribution is 2.32. The standard InChI is InChI=1S/C17H12Cl2O5/c18-12-3-1-10(5-13(12)19)6-17(21)22-8-14(20)11-2-4-15-16(7-11)24-9-23-15/h1-5,7H,6,8-9H2. The maximum Gasteiger partial charge on any atom is 0.310 e. The van der Waals surface area contributed by atoms with Crippen LogP contribution in [-0.2, 0) is 16.0 Å². The Morgan fingerprint density at radius 3 is 2.58 bits per heavy atom. The zero-order valence-electron chi connectivity index (χ0n) is 12.4. The van der Waals surface area contributed by atoms with E-state index in [-0.39, 0.29) is 25.6 Å². The maximum atomic E-state index is 12.1. The third kappa shape index (κ3) is 3.80. The molecule has 0 unspecified atom stereocenters. The molecule has 0 amide bonds. The van der Waals surface area contributed by atoms with Gasteiger partial charge in [0.05, 0.1) is 16.5 Å². The molecule has 0 atom stereocenters. The number of hydrogen-bond acceptors (Lipinski definition) is 5. The third-order valence-electron chi connectivity index (χ3n) is 3.39. The second-order valence-corrected chi connectivity index (χ2v) is 5.89. The van der Waals surface area contributed by atoms with E-state index in [0.29, 0.717) is 32.7 Å². The van der Waals surface area contributed by atoms with Crippen LogP contribution in [0.5, 0.6) is 11.5 Å². The van der Waals surface area contributed by atoms with Gasteiger partial charge < -0.3 is 14.2 Å². The Bertz CT molecular complexity index is 804. The van der Waals surface area contributed by atoms with Crippen LogP contribution in [0.2, 0.25) is 10.0 Å². The molecule has 1 heterocycles. The number of rotatable bonds is 5. The number of esters is 1. The van der Waals surface area contributed by atoms with Gasteiger partial charge in [-0.15, -0.1) is 0 Å². The summed E-state index contributed by atoms with van der Waals surface area (Å²) in [6.07, 6.45) is 0.00527. The third-order valence-corrected chi connectivity index (χ3v) is 4.13. The average Bonchev–Trinajstić information content (AvgIpc) is 3.03. The first kappa shape index (κ1) is 16.6. The summed E-state index contributed by atoms with van der Waals surface area (Å²) in [5.41, 5.74) is 1.05. The van der Waals surface area contributed by atoms with E-state index in [0.717, 1.165) is 0 Å². The van der Waals surface area contributed by atoms with Crippen LogP contribution >= 0.6 is 23.2 Å². The Hall–Kier alpha value is -2.24. The number of carbonyl (C=O) groups is 2. The molecule has 2 aromatic carbocycles. The highest BCUT2D eigenvalue weighted by molar-refractivity contribution is 6.42. The van der Waals surface area contributed by atoms with E-state index in [2.05, 4.69) is 0 Å². The van der Waals surface area contributed by atoms with E-state index in [9.17, 15) is 9.59 Å². The molecule has 0 aliphatic carbocycles. The first-order chi connectivity index (χ1) is 11.5. The number of ketones is 1. The maximum absolute atomic E-state index is 12.1. The van der Waals surface area contributed by atoms with Crippen LogP contribution in [0.1, 0.15) is 15.9 Å². The lowest BCUT2D eigenvalue weighted by Gasteiger charge is -2.06. The summed E-state index contributed by atoms with van der Waals surface area (Å²) in [4.78, 5) is 23.9. The number of fused-ring (bicyclic) bond motifs is 1. The number of hydrogen-bond donors (Lipinski definition) is 0. The molecule has 124 valence electrons. The molecule has 3 rings (SSSR count). The molecule has 24 heavy (non-hydrogen) atoms. The van der Waals surface area contributed by atoms with Crippen molar-refractivity contribution < 1.29 is 23.8 Å². The van der Waals surface area contributed by atoms with Crippen molar-refractivity contribution in [1.29, 1.82) is 0 Å². The zero-order chi connectivity index (χ0) is 17.1. The Labute approximate surface area is 148 Å². The monoisotopic (exact) mass is 366 g/mol. The summed E-state index contributed by atoms with van der Waals surface area (Å²) in [5.74, 6) is 0.240. The Kier molecular flexibility index (Phi) is 4.92. The van der Waals surface area contributed by atoms with Crippen molar-refractivity contribution in [3.8, 4) is 11.5 Å². The van der Waals surface area contributed by atoms with E-state index in [1.54, 1.807) is 36.4 Å². The molecular formula is C17H12Cl2O5. The van der Waals surface area contributed by atoms with Crippen molar-refractivity contribution in [2.45, 2.75) is 6.42 Å². The van der Waals surface area contributed by atoms with Gasteiger partial charge in [-0.05, 0) is 35.9 Å². The molecule has 0 saturated carbocycles. The molecule has 5 nitrogen and oxygen atoms in total. The summed E-state index contributed by atoms with van der Waals surface area (Å²) in [7, 11) is 0. The lowest BCUT2D eigenvalue weighted by Crippen LogP contribution is -2.15. The fourth-order valence-electron chi connectivity index (χ4n) is 2.17. The Morgan fingerprint density at radius 1 is 1.00 bits per heavy atom. The van der Waals surface area contributed by atoms with Crippen LogP contribution in [0.25, 0.3) is 0 Å². The van der Waals surface area contributed by atoms with Crippen LogP contribution in [0.3, 0.4) is 0 Å². The zero-order valence-corrected chi connectivity index (χ0v) is 13.9. The van der Waals surface area contributed by atoms with Crippen molar-refractivity contribution in [3.05, 3.63) is 57.6 Å². The van der Waals surface area contributed by atoms with Gasteiger partial charge in [0.1, 0.15) is 0 Å². The van der Waals surface area contributed by atoms with Crippen LogP contribution in [0, 0.1) is 0 Å². The molecular weight excluding hydrogens is 355 g/mol. The molecule has 7 heteroatoms. The molecule has 0 spiro atoms. The van der Waals surface area contributed by atoms with Crippen LogP contribution < -0.4 is 9.47 Å². The molecule has 0 radical (unpaired) electrons. The average molecular weight is 367 g/mol. The van der Waals surface area contributed by atoms with Crippen LogP contribution in [0.4, 0.5) is 0 Å². The lowest BCUT2D eigenvalue weighted by molar-refractivity contribution is -0.141. The molecule has 0 bridgehead atoms. The second kappa shape index (κ2) is 7.11. The van der Waals surface area contributed by atoms with Crippen molar-refractivity contribution in [3.63, 3.8) is 0 Å². The second-order valence-electron chi connectivity index (χ2n) is 5.08. The van der Waals surface area contributed by atoms with Crippen molar-refractivity contribution in [2.24, 2.45) is 0 Å². The quantitative estimate of drug-likeness (QED) is 0.596. The van der Waals surface area contributed by atoms with E-state index in [4.69, 9.17) is 37.4 Å². The normalized spacial score (nSPS) is 12.1. The summed E-state index contributed by atoms with van der Waals surface area (Å²) in [6.45, 7) is -0.217. The van der Waals surface area contributed by atoms with Gasteiger partial charge in [-0.25, -0.2) is 0 Å². The van der Waals surface area contributed by atoms with Gasteiger partial charge >= 0.3 is 5.97 Å². The van der Waals surface area contributed by atoms with Gasteiger partial charge in [0, 0.05) is 5.56 Å². The largest absolute Gasteiger partial charge is 0.457 e. The highest BCUT2D eigenvalue weighted by Gasteiger charge is 2.17. The van der Waals surface area contributed by atoms with Crippen molar-refractivity contribution >= 4 is 35.0 Å². The van der Waals surface area contributed by atoms with Crippen molar-refractivity contribution in [1.82, 2.24) is 0 Å². The number of carbonyl (C=O) groups excluding carboxylic acids is 2. The summed E-state index contributed by atoms with van der Waals surface area (Å²) in [5, 5.41) is 0.769. The Morgan fingerprint density at radius 2 is 1.79 bits per heavy atom. The summed E-state index contributed by atoms with van der Waals surface area (Å²) in [6, 6.07) is 9.68. The molecule has 2 aromatic rings.